The standard InChI is InChI=1S/C18H38N2/c1-7-13-19-14-18(11-9-8-10-12-18)15-20(6)16(2)17(3,4)5/h16,19H,7-15H2,1-6H3. The lowest BCUT2D eigenvalue weighted by Crippen LogP contribution is -2.49. The molecule has 2 heteroatoms. The average molecular weight is 283 g/mol. The SMILES string of the molecule is CCCNCC1(CN(C)C(C)C(C)(C)C)CCCCC1. The minimum Gasteiger partial charge on any atom is -0.316 e. The van der Waals surface area contributed by atoms with Crippen molar-refractivity contribution in [1.29, 1.82) is 0 Å². The minimum atomic E-state index is 0.363. The van der Waals surface area contributed by atoms with Crippen LogP contribution in [0.1, 0.15) is 73.1 Å². The van der Waals surface area contributed by atoms with Crippen LogP contribution < -0.4 is 5.32 Å². The third-order valence-electron chi connectivity index (χ3n) is 5.34. The highest BCUT2D eigenvalue weighted by atomic mass is 15.1. The smallest absolute Gasteiger partial charge is 0.0113 e. The molecule has 0 heterocycles. The van der Waals surface area contributed by atoms with Gasteiger partial charge in [-0.3, -0.25) is 0 Å². The molecule has 120 valence electrons. The van der Waals surface area contributed by atoms with Crippen molar-refractivity contribution in [1.82, 2.24) is 10.2 Å². The van der Waals surface area contributed by atoms with Crippen LogP contribution in [0.2, 0.25) is 0 Å². The summed E-state index contributed by atoms with van der Waals surface area (Å²) >= 11 is 0. The second kappa shape index (κ2) is 7.79. The number of hydrogen-bond donors (Lipinski definition) is 1. The Balaban J connectivity index is 2.64. The van der Waals surface area contributed by atoms with Gasteiger partial charge in [-0.2, -0.15) is 0 Å². The molecule has 0 aromatic carbocycles. The summed E-state index contributed by atoms with van der Waals surface area (Å²) in [7, 11) is 2.33. The van der Waals surface area contributed by atoms with Crippen LogP contribution in [0.25, 0.3) is 0 Å². The van der Waals surface area contributed by atoms with Gasteiger partial charge in [0.15, 0.2) is 0 Å². The molecule has 0 amide bonds. The van der Waals surface area contributed by atoms with Crippen LogP contribution in [0.15, 0.2) is 0 Å². The molecule has 0 aromatic rings. The summed E-state index contributed by atoms with van der Waals surface area (Å²) in [5.74, 6) is 0. The number of nitrogens with one attached hydrogen (secondary N) is 1. The summed E-state index contributed by atoms with van der Waals surface area (Å²) < 4.78 is 0. The monoisotopic (exact) mass is 282 g/mol. The van der Waals surface area contributed by atoms with Gasteiger partial charge in [0.2, 0.25) is 0 Å². The maximum absolute atomic E-state index is 3.70. The summed E-state index contributed by atoms with van der Waals surface area (Å²) in [5, 5.41) is 3.70. The largest absolute Gasteiger partial charge is 0.316 e. The first-order valence-electron chi connectivity index (χ1n) is 8.72. The van der Waals surface area contributed by atoms with E-state index in [1.54, 1.807) is 0 Å². The van der Waals surface area contributed by atoms with Gasteiger partial charge in [-0.15, -0.1) is 0 Å². The van der Waals surface area contributed by atoms with E-state index in [-0.39, 0.29) is 0 Å². The molecule has 1 saturated carbocycles. The Morgan fingerprint density at radius 2 is 1.75 bits per heavy atom. The van der Waals surface area contributed by atoms with Crippen LogP contribution in [0.4, 0.5) is 0 Å². The molecule has 1 unspecified atom stereocenters. The van der Waals surface area contributed by atoms with E-state index in [2.05, 4.69) is 51.9 Å². The van der Waals surface area contributed by atoms with Crippen LogP contribution in [0, 0.1) is 10.8 Å². The van der Waals surface area contributed by atoms with Crippen molar-refractivity contribution < 1.29 is 0 Å². The van der Waals surface area contributed by atoms with Gasteiger partial charge in [0.25, 0.3) is 0 Å². The third-order valence-corrected chi connectivity index (χ3v) is 5.34. The zero-order valence-electron chi connectivity index (χ0n) is 14.9. The minimum absolute atomic E-state index is 0.363. The second-order valence-electron chi connectivity index (χ2n) is 8.19. The molecule has 1 fully saturated rings. The van der Waals surface area contributed by atoms with E-state index < -0.39 is 0 Å². The first kappa shape index (κ1) is 18.0. The van der Waals surface area contributed by atoms with Gasteiger partial charge in [0.05, 0.1) is 0 Å². The summed E-state index contributed by atoms with van der Waals surface area (Å²) in [6, 6.07) is 0.632. The van der Waals surface area contributed by atoms with Crippen LogP contribution >= 0.6 is 0 Å². The van der Waals surface area contributed by atoms with E-state index in [0.29, 0.717) is 16.9 Å². The topological polar surface area (TPSA) is 15.3 Å². The Bertz CT molecular complexity index is 261. The maximum Gasteiger partial charge on any atom is 0.0113 e. The Morgan fingerprint density at radius 1 is 1.15 bits per heavy atom. The zero-order chi connectivity index (χ0) is 15.2. The van der Waals surface area contributed by atoms with Crippen LogP contribution in [-0.2, 0) is 0 Å². The van der Waals surface area contributed by atoms with Gasteiger partial charge in [-0.05, 0) is 50.6 Å². The van der Waals surface area contributed by atoms with Gasteiger partial charge >= 0.3 is 0 Å². The van der Waals surface area contributed by atoms with Gasteiger partial charge < -0.3 is 10.2 Å². The number of rotatable bonds is 7. The first-order chi connectivity index (χ1) is 9.31. The van der Waals surface area contributed by atoms with Crippen molar-refractivity contribution >= 4 is 0 Å². The van der Waals surface area contributed by atoms with Crippen LogP contribution in [0.5, 0.6) is 0 Å². The van der Waals surface area contributed by atoms with Gasteiger partial charge in [-0.25, -0.2) is 0 Å². The molecule has 0 aliphatic heterocycles. The van der Waals surface area contributed by atoms with Crippen LogP contribution in [-0.4, -0.2) is 37.6 Å². The van der Waals surface area contributed by atoms with Gasteiger partial charge in [-0.1, -0.05) is 47.0 Å². The molecule has 0 aromatic heterocycles. The molecule has 0 saturated heterocycles. The highest BCUT2D eigenvalue weighted by Crippen LogP contribution is 2.37. The molecule has 1 N–H and O–H groups in total. The fourth-order valence-corrected chi connectivity index (χ4v) is 3.55. The van der Waals surface area contributed by atoms with E-state index >= 15 is 0 Å². The Labute approximate surface area is 127 Å². The quantitative estimate of drug-likeness (QED) is 0.700. The summed E-state index contributed by atoms with van der Waals surface area (Å²) in [4.78, 5) is 2.61. The Morgan fingerprint density at radius 3 is 2.25 bits per heavy atom. The van der Waals surface area contributed by atoms with E-state index in [1.165, 1.54) is 58.2 Å². The lowest BCUT2D eigenvalue weighted by molar-refractivity contribution is 0.0602. The van der Waals surface area contributed by atoms with E-state index in [0.717, 1.165) is 0 Å². The molecule has 1 aliphatic rings. The number of nitrogens with zero attached hydrogens (tertiary/aromatic N) is 1. The highest BCUT2D eigenvalue weighted by Gasteiger charge is 2.35. The lowest BCUT2D eigenvalue weighted by Gasteiger charge is -2.44. The van der Waals surface area contributed by atoms with E-state index in [1.807, 2.05) is 0 Å². The lowest BCUT2D eigenvalue weighted by atomic mass is 9.73. The molecule has 0 radical (unpaired) electrons. The first-order valence-corrected chi connectivity index (χ1v) is 8.72. The van der Waals surface area contributed by atoms with Crippen molar-refractivity contribution in [2.75, 3.05) is 26.7 Å². The average Bonchev–Trinajstić information content (AvgIpc) is 2.38. The molecule has 1 aliphatic carbocycles. The van der Waals surface area contributed by atoms with E-state index in [9.17, 15) is 0 Å². The maximum atomic E-state index is 3.70. The summed E-state index contributed by atoms with van der Waals surface area (Å²) in [6.45, 7) is 15.3. The van der Waals surface area contributed by atoms with Gasteiger partial charge in [0.1, 0.15) is 0 Å². The molecular weight excluding hydrogens is 244 g/mol. The van der Waals surface area contributed by atoms with E-state index in [4.69, 9.17) is 0 Å². The normalized spacial score (nSPS) is 21.1. The molecule has 2 nitrogen and oxygen atoms in total. The molecule has 0 bridgehead atoms. The molecular formula is C18H38N2. The third kappa shape index (κ3) is 5.37. The van der Waals surface area contributed by atoms with Crippen molar-refractivity contribution in [3.05, 3.63) is 0 Å². The number of hydrogen-bond acceptors (Lipinski definition) is 2. The summed E-state index contributed by atoms with van der Waals surface area (Å²) in [6.07, 6.45) is 8.34. The van der Waals surface area contributed by atoms with Crippen molar-refractivity contribution in [3.8, 4) is 0 Å². The van der Waals surface area contributed by atoms with Gasteiger partial charge in [0, 0.05) is 19.1 Å². The fraction of sp³-hybridized carbons (Fsp3) is 1.00. The van der Waals surface area contributed by atoms with Crippen molar-refractivity contribution in [2.24, 2.45) is 10.8 Å². The van der Waals surface area contributed by atoms with Crippen molar-refractivity contribution in [3.63, 3.8) is 0 Å². The second-order valence-corrected chi connectivity index (χ2v) is 8.19. The Hall–Kier alpha value is -0.0800. The predicted molar refractivity (Wildman–Crippen MR) is 90.2 cm³/mol. The molecule has 1 rings (SSSR count). The zero-order valence-corrected chi connectivity index (χ0v) is 14.9. The highest BCUT2D eigenvalue weighted by molar-refractivity contribution is 4.90. The predicted octanol–water partition coefficient (Wildman–Crippen LogP) is 4.30. The Kier molecular flexibility index (Phi) is 7.00. The fourth-order valence-electron chi connectivity index (χ4n) is 3.55. The molecule has 1 atom stereocenters. The molecule has 0 spiro atoms. The van der Waals surface area contributed by atoms with Crippen molar-refractivity contribution in [2.45, 2.75) is 79.2 Å². The molecule has 20 heavy (non-hydrogen) atoms. The van der Waals surface area contributed by atoms with Crippen LogP contribution in [0.3, 0.4) is 0 Å². The summed E-state index contributed by atoms with van der Waals surface area (Å²) in [5.41, 5.74) is 0.878.